The van der Waals surface area contributed by atoms with Crippen LogP contribution in [-0.2, 0) is 16.1 Å². The third-order valence-corrected chi connectivity index (χ3v) is 5.54. The van der Waals surface area contributed by atoms with Crippen LogP contribution in [0.5, 0.6) is 5.75 Å². The van der Waals surface area contributed by atoms with Crippen molar-refractivity contribution in [2.45, 2.75) is 50.8 Å². The Morgan fingerprint density at radius 1 is 1.23 bits per heavy atom. The molecule has 0 bridgehead atoms. The van der Waals surface area contributed by atoms with Crippen LogP contribution in [0, 0.1) is 0 Å². The van der Waals surface area contributed by atoms with E-state index in [4.69, 9.17) is 9.47 Å². The maximum atomic E-state index is 12.7. The van der Waals surface area contributed by atoms with Gasteiger partial charge in [0.2, 0.25) is 5.91 Å². The summed E-state index contributed by atoms with van der Waals surface area (Å²) in [6.45, 7) is 2.27. The van der Waals surface area contributed by atoms with Crippen LogP contribution in [0.3, 0.4) is 0 Å². The van der Waals surface area contributed by atoms with Crippen LogP contribution >= 0.6 is 0 Å². The monoisotopic (exact) mass is 362 g/mol. The molecule has 0 radical (unpaired) electrons. The average molecular weight is 362 g/mol. The number of carbonyl (C=O) groups is 1. The highest BCUT2D eigenvalue weighted by Crippen LogP contribution is 2.34. The Kier molecular flexibility index (Phi) is 6.38. The fourth-order valence-electron chi connectivity index (χ4n) is 4.09. The van der Waals surface area contributed by atoms with E-state index in [0.717, 1.165) is 42.7 Å². The Hall–Kier alpha value is -1.79. The molecule has 6 heteroatoms. The highest BCUT2D eigenvalue weighted by molar-refractivity contribution is 5.78. The molecule has 2 aliphatic rings. The number of benzene rings is 1. The molecule has 1 aliphatic carbocycles. The summed E-state index contributed by atoms with van der Waals surface area (Å²) in [5.41, 5.74) is 2.16. The summed E-state index contributed by atoms with van der Waals surface area (Å²) in [6, 6.07) is 6.12. The fourth-order valence-corrected chi connectivity index (χ4v) is 4.09. The zero-order valence-corrected chi connectivity index (χ0v) is 15.8. The van der Waals surface area contributed by atoms with Gasteiger partial charge in [-0.05, 0) is 36.6 Å². The molecule has 144 valence electrons. The number of rotatable bonds is 5. The molecule has 6 nitrogen and oxygen atoms in total. The van der Waals surface area contributed by atoms with Crippen LogP contribution in [-0.4, -0.2) is 62.0 Å². The van der Waals surface area contributed by atoms with Crippen molar-refractivity contribution in [1.29, 1.82) is 0 Å². The van der Waals surface area contributed by atoms with Crippen molar-refractivity contribution in [3.8, 4) is 5.75 Å². The summed E-state index contributed by atoms with van der Waals surface area (Å²) in [5.74, 6) is 0.915. The normalized spacial score (nSPS) is 24.0. The number of ether oxygens (including phenoxy) is 2. The minimum absolute atomic E-state index is 0.0780. The number of anilines is 1. The van der Waals surface area contributed by atoms with Crippen LogP contribution in [0.2, 0.25) is 0 Å². The van der Waals surface area contributed by atoms with Gasteiger partial charge in [0.1, 0.15) is 5.75 Å². The number of amides is 1. The molecule has 26 heavy (non-hydrogen) atoms. The van der Waals surface area contributed by atoms with Gasteiger partial charge in [-0.1, -0.05) is 12.8 Å². The predicted octanol–water partition coefficient (Wildman–Crippen LogP) is 2.18. The summed E-state index contributed by atoms with van der Waals surface area (Å²) < 4.78 is 10.6. The van der Waals surface area contributed by atoms with Crippen molar-refractivity contribution in [2.24, 2.45) is 0 Å². The van der Waals surface area contributed by atoms with Gasteiger partial charge in [-0.15, -0.1) is 0 Å². The summed E-state index contributed by atoms with van der Waals surface area (Å²) in [6.07, 6.45) is 4.12. The number of nitrogens with zero attached hydrogens (tertiary/aromatic N) is 2. The van der Waals surface area contributed by atoms with E-state index >= 15 is 0 Å². The smallest absolute Gasteiger partial charge is 0.224 e. The number of carbonyl (C=O) groups excluding carboxylic acids is 1. The number of methoxy groups -OCH3 is 2. The molecule has 1 fully saturated rings. The molecule has 2 atom stereocenters. The molecule has 0 saturated heterocycles. The molecule has 0 aromatic heterocycles. The van der Waals surface area contributed by atoms with E-state index in [1.54, 1.807) is 14.2 Å². The highest BCUT2D eigenvalue weighted by atomic mass is 16.5. The Balaban J connectivity index is 1.94. The first-order valence-electron chi connectivity index (χ1n) is 9.52. The first kappa shape index (κ1) is 19.0. The van der Waals surface area contributed by atoms with E-state index in [2.05, 4.69) is 11.0 Å². The fraction of sp³-hybridized carbons (Fsp3) is 0.650. The minimum atomic E-state index is -0.335. The van der Waals surface area contributed by atoms with Crippen LogP contribution in [0.1, 0.15) is 37.7 Å². The molecule has 1 amide bonds. The summed E-state index contributed by atoms with van der Waals surface area (Å²) in [7, 11) is 3.30. The van der Waals surface area contributed by atoms with Gasteiger partial charge < -0.3 is 24.4 Å². The summed E-state index contributed by atoms with van der Waals surface area (Å²) in [4.78, 5) is 16.8. The Labute approximate surface area is 155 Å². The molecule has 1 saturated carbocycles. The van der Waals surface area contributed by atoms with Gasteiger partial charge in [0, 0.05) is 38.9 Å². The van der Waals surface area contributed by atoms with Crippen molar-refractivity contribution in [3.63, 3.8) is 0 Å². The Morgan fingerprint density at radius 2 is 2.04 bits per heavy atom. The van der Waals surface area contributed by atoms with Gasteiger partial charge in [0.15, 0.2) is 0 Å². The second-order valence-electron chi connectivity index (χ2n) is 7.17. The molecule has 1 aromatic rings. The van der Waals surface area contributed by atoms with Crippen LogP contribution in [0.4, 0.5) is 5.69 Å². The van der Waals surface area contributed by atoms with Gasteiger partial charge >= 0.3 is 0 Å². The van der Waals surface area contributed by atoms with Gasteiger partial charge in [-0.2, -0.15) is 0 Å². The first-order valence-corrected chi connectivity index (χ1v) is 9.52. The van der Waals surface area contributed by atoms with Crippen LogP contribution < -0.4 is 9.64 Å². The van der Waals surface area contributed by atoms with Gasteiger partial charge in [-0.3, -0.25) is 4.79 Å². The van der Waals surface area contributed by atoms with E-state index in [9.17, 15) is 9.90 Å². The highest BCUT2D eigenvalue weighted by Gasteiger charge is 2.32. The zero-order chi connectivity index (χ0) is 18.5. The molecule has 1 N–H and O–H groups in total. The number of hydrogen-bond acceptors (Lipinski definition) is 5. The summed E-state index contributed by atoms with van der Waals surface area (Å²) >= 11 is 0. The molecule has 0 spiro atoms. The maximum absolute atomic E-state index is 12.7. The molecule has 0 unspecified atom stereocenters. The quantitative estimate of drug-likeness (QED) is 0.870. The molecule has 3 rings (SSSR count). The van der Waals surface area contributed by atoms with Crippen molar-refractivity contribution in [3.05, 3.63) is 23.8 Å². The van der Waals surface area contributed by atoms with Gasteiger partial charge in [-0.25, -0.2) is 0 Å². The van der Waals surface area contributed by atoms with Crippen LogP contribution in [0.15, 0.2) is 18.2 Å². The standard InChI is InChI=1S/C20H30N2O4/c1-25-12-11-21-14-15-13-16(26-2)7-8-17(15)22(10-9-20(21)24)18-5-3-4-6-19(18)23/h7-8,13,18-19,23H,3-6,9-12,14H2,1-2H3/t18-,19-/m1/s1. The lowest BCUT2D eigenvalue weighted by atomic mass is 9.90. The van der Waals surface area contributed by atoms with E-state index in [0.29, 0.717) is 32.7 Å². The Bertz CT molecular complexity index is 622. The van der Waals surface area contributed by atoms with Crippen molar-refractivity contribution >= 4 is 11.6 Å². The molecule has 1 aromatic carbocycles. The van der Waals surface area contributed by atoms with Crippen LogP contribution in [0.25, 0.3) is 0 Å². The van der Waals surface area contributed by atoms with Gasteiger partial charge in [0.25, 0.3) is 0 Å². The number of aliphatic hydroxyl groups excluding tert-OH is 1. The largest absolute Gasteiger partial charge is 0.497 e. The number of aliphatic hydroxyl groups is 1. The lowest BCUT2D eigenvalue weighted by Gasteiger charge is -2.42. The maximum Gasteiger partial charge on any atom is 0.224 e. The van der Waals surface area contributed by atoms with Crippen molar-refractivity contribution in [1.82, 2.24) is 4.90 Å². The third kappa shape index (κ3) is 4.13. The third-order valence-electron chi connectivity index (χ3n) is 5.54. The molecule has 1 aliphatic heterocycles. The summed E-state index contributed by atoms with van der Waals surface area (Å²) in [5, 5.41) is 10.6. The van der Waals surface area contributed by atoms with E-state index in [1.807, 2.05) is 17.0 Å². The number of hydrogen-bond donors (Lipinski definition) is 1. The lowest BCUT2D eigenvalue weighted by molar-refractivity contribution is -0.132. The number of fused-ring (bicyclic) bond motifs is 1. The van der Waals surface area contributed by atoms with E-state index in [-0.39, 0.29) is 18.1 Å². The van der Waals surface area contributed by atoms with Crippen molar-refractivity contribution in [2.75, 3.05) is 38.8 Å². The minimum Gasteiger partial charge on any atom is -0.497 e. The predicted molar refractivity (Wildman–Crippen MR) is 101 cm³/mol. The topological polar surface area (TPSA) is 62.2 Å². The second kappa shape index (κ2) is 8.73. The van der Waals surface area contributed by atoms with E-state index < -0.39 is 0 Å². The molecule has 1 heterocycles. The zero-order valence-electron chi connectivity index (χ0n) is 15.8. The van der Waals surface area contributed by atoms with E-state index in [1.165, 1.54) is 0 Å². The SMILES string of the molecule is COCCN1Cc2cc(OC)ccc2N([C@@H]2CCCC[C@H]2O)CCC1=O. The van der Waals surface area contributed by atoms with Gasteiger partial charge in [0.05, 0.1) is 25.9 Å². The molecular formula is C20H30N2O4. The lowest BCUT2D eigenvalue weighted by Crippen LogP contribution is -2.49. The Morgan fingerprint density at radius 3 is 2.77 bits per heavy atom. The van der Waals surface area contributed by atoms with Crippen molar-refractivity contribution < 1.29 is 19.4 Å². The second-order valence-corrected chi connectivity index (χ2v) is 7.17. The first-order chi connectivity index (χ1) is 12.6. The molecular weight excluding hydrogens is 332 g/mol. The average Bonchev–Trinajstić information content (AvgIpc) is 2.65.